The average Bonchev–Trinajstić information content (AvgIpc) is 3.39. The molecule has 1 aliphatic heterocycles. The molecule has 1 aromatic carbocycles. The lowest BCUT2D eigenvalue weighted by atomic mass is 10.2. The van der Waals surface area contributed by atoms with Gasteiger partial charge in [0, 0.05) is 35.9 Å². The maximum Gasteiger partial charge on any atom is 0.242 e. The number of aryl methyl sites for hydroxylation is 1. The molecule has 2 amide bonds. The molecule has 1 unspecified atom stereocenters. The third kappa shape index (κ3) is 6.37. The van der Waals surface area contributed by atoms with Crippen LogP contribution in [0.3, 0.4) is 0 Å². The van der Waals surface area contributed by atoms with Crippen molar-refractivity contribution in [1.82, 2.24) is 9.80 Å². The maximum atomic E-state index is 13.3. The van der Waals surface area contributed by atoms with Crippen LogP contribution in [0.5, 0.6) is 0 Å². The van der Waals surface area contributed by atoms with E-state index in [4.69, 9.17) is 4.74 Å². The first-order valence-electron chi connectivity index (χ1n) is 10.4. The van der Waals surface area contributed by atoms with Crippen LogP contribution in [0, 0.1) is 12.7 Å². The number of ether oxygens (including phenoxy) is 1. The molecule has 3 rings (SSSR count). The lowest BCUT2D eigenvalue weighted by molar-refractivity contribution is -0.142. The number of hydrogen-bond donors (Lipinski definition) is 0. The Bertz CT molecular complexity index is 846. The van der Waals surface area contributed by atoms with Crippen molar-refractivity contribution in [2.75, 3.05) is 19.7 Å². The van der Waals surface area contributed by atoms with Gasteiger partial charge in [0.05, 0.1) is 19.2 Å². The molecule has 2 heterocycles. The highest BCUT2D eigenvalue weighted by Gasteiger charge is 2.26. The topological polar surface area (TPSA) is 49.9 Å². The zero-order valence-corrected chi connectivity index (χ0v) is 18.4. The van der Waals surface area contributed by atoms with Gasteiger partial charge in [-0.15, -0.1) is 11.3 Å². The Morgan fingerprint density at radius 1 is 1.10 bits per heavy atom. The van der Waals surface area contributed by atoms with E-state index in [1.54, 1.807) is 40.2 Å². The molecular formula is C23H29FN2O3S. The van der Waals surface area contributed by atoms with Gasteiger partial charge < -0.3 is 14.5 Å². The number of rotatable bonds is 9. The largest absolute Gasteiger partial charge is 0.376 e. The molecule has 1 aliphatic rings. The minimum atomic E-state index is -0.304. The van der Waals surface area contributed by atoms with Gasteiger partial charge in [-0.1, -0.05) is 19.1 Å². The molecular weight excluding hydrogens is 403 g/mol. The number of hydrogen-bond acceptors (Lipinski definition) is 4. The smallest absolute Gasteiger partial charge is 0.242 e. The van der Waals surface area contributed by atoms with Crippen molar-refractivity contribution >= 4 is 23.2 Å². The van der Waals surface area contributed by atoms with Crippen LogP contribution in [0.4, 0.5) is 4.39 Å². The minimum absolute atomic E-state index is 0.00112. The van der Waals surface area contributed by atoms with Gasteiger partial charge >= 0.3 is 0 Å². The molecule has 162 valence electrons. The van der Waals surface area contributed by atoms with Crippen LogP contribution in [0.15, 0.2) is 36.4 Å². The van der Waals surface area contributed by atoms with E-state index in [1.165, 1.54) is 17.0 Å². The Kier molecular flexibility index (Phi) is 7.99. The summed E-state index contributed by atoms with van der Waals surface area (Å²) in [6.45, 7) is 5.84. The third-order valence-electron chi connectivity index (χ3n) is 5.21. The lowest BCUT2D eigenvalue weighted by Crippen LogP contribution is -2.45. The fraction of sp³-hybridized carbons (Fsp3) is 0.478. The van der Waals surface area contributed by atoms with Crippen molar-refractivity contribution in [3.63, 3.8) is 0 Å². The first-order chi connectivity index (χ1) is 14.4. The minimum Gasteiger partial charge on any atom is -0.376 e. The van der Waals surface area contributed by atoms with Gasteiger partial charge in [0.25, 0.3) is 0 Å². The number of carbonyl (C=O) groups is 2. The van der Waals surface area contributed by atoms with Gasteiger partial charge in [-0.05, 0) is 49.6 Å². The van der Waals surface area contributed by atoms with Crippen LogP contribution >= 0.6 is 11.3 Å². The normalized spacial score (nSPS) is 15.9. The fourth-order valence-electron chi connectivity index (χ4n) is 3.58. The lowest BCUT2D eigenvalue weighted by Gasteiger charge is -2.29. The number of nitrogens with zero attached hydrogens (tertiary/aromatic N) is 2. The fourth-order valence-corrected chi connectivity index (χ4v) is 4.48. The summed E-state index contributed by atoms with van der Waals surface area (Å²) in [5, 5.41) is 0. The summed E-state index contributed by atoms with van der Waals surface area (Å²) in [5.74, 6) is -0.473. The molecule has 0 bridgehead atoms. The van der Waals surface area contributed by atoms with Gasteiger partial charge in [-0.2, -0.15) is 0 Å². The number of benzene rings is 1. The molecule has 0 aliphatic carbocycles. The molecule has 1 atom stereocenters. The Labute approximate surface area is 181 Å². The Hall–Kier alpha value is -2.25. The Balaban J connectivity index is 1.74. The summed E-state index contributed by atoms with van der Waals surface area (Å²) < 4.78 is 19.0. The highest BCUT2D eigenvalue weighted by molar-refractivity contribution is 7.11. The standard InChI is InChI=1S/C23H29FN2O3S/c1-3-22(27)26(14-20-5-4-12-29-20)16-23(28)25(15-21-11-6-17(2)30-21)13-18-7-9-19(24)10-8-18/h6-11,20H,3-5,12-16H2,1-2H3. The summed E-state index contributed by atoms with van der Waals surface area (Å²) in [4.78, 5) is 31.3. The second-order valence-electron chi connectivity index (χ2n) is 7.65. The quantitative estimate of drug-likeness (QED) is 0.598. The molecule has 7 heteroatoms. The molecule has 1 saturated heterocycles. The molecule has 0 N–H and O–H groups in total. The van der Waals surface area contributed by atoms with Crippen LogP contribution < -0.4 is 0 Å². The van der Waals surface area contributed by atoms with Crippen molar-refractivity contribution in [2.24, 2.45) is 0 Å². The SMILES string of the molecule is CCC(=O)N(CC(=O)N(Cc1ccc(F)cc1)Cc1ccc(C)s1)CC1CCCO1. The average molecular weight is 433 g/mol. The van der Waals surface area contributed by atoms with Crippen molar-refractivity contribution in [3.8, 4) is 0 Å². The zero-order chi connectivity index (χ0) is 21.5. The van der Waals surface area contributed by atoms with Crippen molar-refractivity contribution in [1.29, 1.82) is 0 Å². The monoisotopic (exact) mass is 432 g/mol. The summed E-state index contributed by atoms with van der Waals surface area (Å²) in [6.07, 6.45) is 2.25. The van der Waals surface area contributed by atoms with Crippen molar-refractivity contribution in [2.45, 2.75) is 52.3 Å². The molecule has 0 saturated carbocycles. The molecule has 1 fully saturated rings. The van der Waals surface area contributed by atoms with Crippen molar-refractivity contribution in [3.05, 3.63) is 57.5 Å². The number of amides is 2. The molecule has 5 nitrogen and oxygen atoms in total. The van der Waals surface area contributed by atoms with Gasteiger partial charge in [0.15, 0.2) is 0 Å². The van der Waals surface area contributed by atoms with E-state index in [2.05, 4.69) is 0 Å². The second-order valence-corrected chi connectivity index (χ2v) is 9.02. The van der Waals surface area contributed by atoms with E-state index in [0.717, 1.165) is 23.3 Å². The van der Waals surface area contributed by atoms with E-state index in [1.807, 2.05) is 19.1 Å². The van der Waals surface area contributed by atoms with Gasteiger partial charge in [-0.3, -0.25) is 9.59 Å². The van der Waals surface area contributed by atoms with Gasteiger partial charge in [-0.25, -0.2) is 4.39 Å². The molecule has 0 radical (unpaired) electrons. The maximum absolute atomic E-state index is 13.3. The van der Waals surface area contributed by atoms with E-state index in [0.29, 0.717) is 32.7 Å². The Morgan fingerprint density at radius 3 is 2.47 bits per heavy atom. The first-order valence-corrected chi connectivity index (χ1v) is 11.2. The highest BCUT2D eigenvalue weighted by atomic mass is 32.1. The van der Waals surface area contributed by atoms with Crippen LogP contribution in [-0.4, -0.2) is 47.4 Å². The third-order valence-corrected chi connectivity index (χ3v) is 6.20. The van der Waals surface area contributed by atoms with Gasteiger partial charge in [0.2, 0.25) is 11.8 Å². The van der Waals surface area contributed by atoms with Crippen molar-refractivity contribution < 1.29 is 18.7 Å². The molecule has 0 spiro atoms. The summed E-state index contributed by atoms with van der Waals surface area (Å²) in [7, 11) is 0. The number of halogens is 1. The van der Waals surface area contributed by atoms with Gasteiger partial charge in [0.1, 0.15) is 5.82 Å². The van der Waals surface area contributed by atoms with Crippen LogP contribution in [0.25, 0.3) is 0 Å². The highest BCUT2D eigenvalue weighted by Crippen LogP contribution is 2.20. The zero-order valence-electron chi connectivity index (χ0n) is 17.6. The summed E-state index contributed by atoms with van der Waals surface area (Å²) in [5.41, 5.74) is 0.852. The van der Waals surface area contributed by atoms with E-state index in [9.17, 15) is 14.0 Å². The summed E-state index contributed by atoms with van der Waals surface area (Å²) >= 11 is 1.65. The Morgan fingerprint density at radius 2 is 1.87 bits per heavy atom. The van der Waals surface area contributed by atoms with E-state index < -0.39 is 0 Å². The van der Waals surface area contributed by atoms with E-state index in [-0.39, 0.29) is 30.3 Å². The molecule has 30 heavy (non-hydrogen) atoms. The number of thiophene rings is 1. The predicted octanol–water partition coefficient (Wildman–Crippen LogP) is 4.14. The van der Waals surface area contributed by atoms with Crippen LogP contribution in [-0.2, 0) is 27.4 Å². The second kappa shape index (κ2) is 10.7. The molecule has 1 aromatic heterocycles. The van der Waals surface area contributed by atoms with E-state index >= 15 is 0 Å². The van der Waals surface area contributed by atoms with Crippen LogP contribution in [0.2, 0.25) is 0 Å². The number of carbonyl (C=O) groups excluding carboxylic acids is 2. The molecule has 2 aromatic rings. The van der Waals surface area contributed by atoms with Crippen LogP contribution in [0.1, 0.15) is 41.5 Å². The first kappa shape index (κ1) is 22.4. The predicted molar refractivity (Wildman–Crippen MR) is 116 cm³/mol. The summed E-state index contributed by atoms with van der Waals surface area (Å²) in [6, 6.07) is 10.2.